The molecule has 2 aromatic rings. The van der Waals surface area contributed by atoms with Crippen molar-refractivity contribution in [1.82, 2.24) is 0 Å². The lowest BCUT2D eigenvalue weighted by atomic mass is 10.1. The summed E-state index contributed by atoms with van der Waals surface area (Å²) in [7, 11) is 0. The number of hydrogen-bond acceptors (Lipinski definition) is 4. The zero-order valence-electron chi connectivity index (χ0n) is 15.5. The predicted octanol–water partition coefficient (Wildman–Crippen LogP) is 1.53. The van der Waals surface area contributed by atoms with E-state index >= 15 is 0 Å². The van der Waals surface area contributed by atoms with Crippen molar-refractivity contribution in [3.05, 3.63) is 65.2 Å². The first kappa shape index (κ1) is 19.1. The lowest BCUT2D eigenvalue weighted by Crippen LogP contribution is -3.12. The molecule has 1 heterocycles. The van der Waals surface area contributed by atoms with Crippen molar-refractivity contribution in [2.75, 3.05) is 38.2 Å². The molecule has 1 aliphatic heterocycles. The van der Waals surface area contributed by atoms with Crippen LogP contribution >= 0.6 is 0 Å². The molecule has 3 rings (SSSR count). The monoisotopic (exact) mass is 369 g/mol. The highest BCUT2D eigenvalue weighted by Gasteiger charge is 2.16. The molecule has 0 unspecified atom stereocenters. The summed E-state index contributed by atoms with van der Waals surface area (Å²) in [4.78, 5) is 26.1. The molecule has 142 valence electrons. The third-order valence-electron chi connectivity index (χ3n) is 4.54. The summed E-state index contributed by atoms with van der Waals surface area (Å²) in [5.41, 5.74) is 2.53. The third kappa shape index (κ3) is 5.15. The van der Waals surface area contributed by atoms with Gasteiger partial charge in [-0.2, -0.15) is 0 Å². The number of carbonyl (C=O) groups is 2. The Bertz CT molecular complexity index is 783. The van der Waals surface area contributed by atoms with Crippen molar-refractivity contribution in [3.8, 4) is 0 Å². The van der Waals surface area contributed by atoms with Crippen LogP contribution in [0.2, 0.25) is 0 Å². The molecule has 1 aliphatic rings. The summed E-state index contributed by atoms with van der Waals surface area (Å²) in [6, 6.07) is 14.4. The van der Waals surface area contributed by atoms with Crippen molar-refractivity contribution >= 4 is 17.6 Å². The molecule has 27 heavy (non-hydrogen) atoms. The Balaban J connectivity index is 1.65. The highest BCUT2D eigenvalue weighted by Crippen LogP contribution is 2.17. The molecule has 0 aromatic heterocycles. The van der Waals surface area contributed by atoms with E-state index in [1.807, 2.05) is 24.3 Å². The van der Waals surface area contributed by atoms with E-state index in [2.05, 4.69) is 5.32 Å². The van der Waals surface area contributed by atoms with Crippen molar-refractivity contribution in [2.24, 2.45) is 0 Å². The number of hydrogen-bond donors (Lipinski definition) is 2. The minimum Gasteiger partial charge on any atom is -0.462 e. The van der Waals surface area contributed by atoms with Crippen LogP contribution in [0.3, 0.4) is 0 Å². The molecule has 6 heteroatoms. The molecule has 0 atom stereocenters. The van der Waals surface area contributed by atoms with Crippen molar-refractivity contribution in [2.45, 2.75) is 13.5 Å². The Morgan fingerprint density at radius 2 is 1.78 bits per heavy atom. The predicted molar refractivity (Wildman–Crippen MR) is 102 cm³/mol. The molecule has 0 spiro atoms. The highest BCUT2D eigenvalue weighted by molar-refractivity contribution is 6.08. The summed E-state index contributed by atoms with van der Waals surface area (Å²) in [5, 5.41) is 2.81. The van der Waals surface area contributed by atoms with E-state index in [9.17, 15) is 9.59 Å². The number of para-hydroxylation sites is 1. The lowest BCUT2D eigenvalue weighted by Gasteiger charge is -2.23. The number of quaternary nitrogens is 1. The van der Waals surface area contributed by atoms with Crippen LogP contribution in [0.5, 0.6) is 0 Å². The number of anilines is 1. The maximum absolute atomic E-state index is 12.6. The number of esters is 1. The van der Waals surface area contributed by atoms with Crippen LogP contribution in [0.1, 0.15) is 33.2 Å². The summed E-state index contributed by atoms with van der Waals surface area (Å²) in [5.74, 6) is -0.700. The fraction of sp³-hybridized carbons (Fsp3) is 0.333. The molecular formula is C21H25N2O4+. The van der Waals surface area contributed by atoms with Crippen LogP contribution < -0.4 is 10.2 Å². The Morgan fingerprint density at radius 3 is 2.48 bits per heavy atom. The average Bonchev–Trinajstić information content (AvgIpc) is 2.70. The van der Waals surface area contributed by atoms with Crippen LogP contribution in [0.4, 0.5) is 5.69 Å². The SMILES string of the molecule is CCOC(=O)c1ccccc1NC(=O)c1ccc(C[NH+]2CCOCC2)cc1. The second kappa shape index (κ2) is 9.30. The van der Waals surface area contributed by atoms with E-state index in [-0.39, 0.29) is 12.5 Å². The average molecular weight is 369 g/mol. The van der Waals surface area contributed by atoms with E-state index in [1.54, 1.807) is 31.2 Å². The molecule has 0 radical (unpaired) electrons. The Labute approximate surface area is 159 Å². The molecule has 0 bridgehead atoms. The smallest absolute Gasteiger partial charge is 0.340 e. The number of amides is 1. The van der Waals surface area contributed by atoms with Gasteiger partial charge in [0.25, 0.3) is 5.91 Å². The number of nitrogens with one attached hydrogen (secondary N) is 2. The molecule has 1 saturated heterocycles. The first-order valence-corrected chi connectivity index (χ1v) is 9.25. The molecule has 2 N–H and O–H groups in total. The minimum atomic E-state index is -0.447. The van der Waals surface area contributed by atoms with Gasteiger partial charge >= 0.3 is 5.97 Å². The van der Waals surface area contributed by atoms with E-state index in [0.29, 0.717) is 16.8 Å². The maximum Gasteiger partial charge on any atom is 0.340 e. The van der Waals surface area contributed by atoms with Crippen molar-refractivity contribution in [1.29, 1.82) is 0 Å². The zero-order valence-corrected chi connectivity index (χ0v) is 15.5. The normalized spacial score (nSPS) is 14.6. The van der Waals surface area contributed by atoms with Gasteiger partial charge in [0.1, 0.15) is 19.6 Å². The fourth-order valence-electron chi connectivity index (χ4n) is 3.07. The van der Waals surface area contributed by atoms with Gasteiger partial charge in [-0.3, -0.25) is 4.79 Å². The van der Waals surface area contributed by atoms with Crippen LogP contribution in [-0.2, 0) is 16.0 Å². The first-order chi connectivity index (χ1) is 13.2. The molecule has 0 aliphatic carbocycles. The fourth-order valence-corrected chi connectivity index (χ4v) is 3.07. The Morgan fingerprint density at radius 1 is 1.07 bits per heavy atom. The largest absolute Gasteiger partial charge is 0.462 e. The van der Waals surface area contributed by atoms with Crippen LogP contribution in [-0.4, -0.2) is 44.8 Å². The molecule has 0 saturated carbocycles. The summed E-state index contributed by atoms with van der Waals surface area (Å²) in [6.45, 7) is 6.58. The van der Waals surface area contributed by atoms with Gasteiger partial charge in [0, 0.05) is 11.1 Å². The topological polar surface area (TPSA) is 69.1 Å². The molecular weight excluding hydrogens is 344 g/mol. The number of ether oxygens (including phenoxy) is 2. The van der Waals surface area contributed by atoms with Gasteiger partial charge in [-0.15, -0.1) is 0 Å². The Hall–Kier alpha value is -2.70. The zero-order chi connectivity index (χ0) is 19.1. The van der Waals surface area contributed by atoms with E-state index < -0.39 is 5.97 Å². The van der Waals surface area contributed by atoms with Gasteiger partial charge in [-0.25, -0.2) is 4.79 Å². The second-order valence-electron chi connectivity index (χ2n) is 6.46. The number of carbonyl (C=O) groups excluding carboxylic acids is 2. The van der Waals surface area contributed by atoms with E-state index in [1.165, 1.54) is 10.5 Å². The van der Waals surface area contributed by atoms with Gasteiger partial charge in [-0.05, 0) is 31.2 Å². The standard InChI is InChI=1S/C21H24N2O4/c1-2-27-21(25)18-5-3-4-6-19(18)22-20(24)17-9-7-16(8-10-17)15-23-11-13-26-14-12-23/h3-10H,2,11-15H2,1H3,(H,22,24)/p+1. The summed E-state index contributed by atoms with van der Waals surface area (Å²) in [6.07, 6.45) is 0. The lowest BCUT2D eigenvalue weighted by molar-refractivity contribution is -0.921. The van der Waals surface area contributed by atoms with Crippen molar-refractivity contribution < 1.29 is 24.0 Å². The first-order valence-electron chi connectivity index (χ1n) is 9.25. The van der Waals surface area contributed by atoms with Crippen LogP contribution in [0.15, 0.2) is 48.5 Å². The molecule has 6 nitrogen and oxygen atoms in total. The molecule has 2 aromatic carbocycles. The van der Waals surface area contributed by atoms with Crippen LogP contribution in [0, 0.1) is 0 Å². The van der Waals surface area contributed by atoms with E-state index in [4.69, 9.17) is 9.47 Å². The van der Waals surface area contributed by atoms with Gasteiger partial charge in [-0.1, -0.05) is 24.3 Å². The maximum atomic E-state index is 12.6. The molecule has 1 amide bonds. The minimum absolute atomic E-state index is 0.253. The Kier molecular flexibility index (Phi) is 6.57. The number of rotatable bonds is 6. The van der Waals surface area contributed by atoms with Crippen molar-refractivity contribution in [3.63, 3.8) is 0 Å². The van der Waals surface area contributed by atoms with Gasteiger partial charge in [0.15, 0.2) is 0 Å². The van der Waals surface area contributed by atoms with Gasteiger partial charge in [0.2, 0.25) is 0 Å². The van der Waals surface area contributed by atoms with E-state index in [0.717, 1.165) is 32.8 Å². The van der Waals surface area contributed by atoms with Crippen LogP contribution in [0.25, 0.3) is 0 Å². The third-order valence-corrected chi connectivity index (χ3v) is 4.54. The molecule has 1 fully saturated rings. The van der Waals surface area contributed by atoms with Gasteiger partial charge < -0.3 is 19.7 Å². The van der Waals surface area contributed by atoms with Gasteiger partial charge in [0.05, 0.1) is 31.1 Å². The summed E-state index contributed by atoms with van der Waals surface area (Å²) < 4.78 is 10.4. The summed E-state index contributed by atoms with van der Waals surface area (Å²) >= 11 is 0. The highest BCUT2D eigenvalue weighted by atomic mass is 16.5. The second-order valence-corrected chi connectivity index (χ2v) is 6.46. The number of benzene rings is 2. The quantitative estimate of drug-likeness (QED) is 0.758. The number of morpholine rings is 1.